The molecule has 0 saturated carbocycles. The van der Waals surface area contributed by atoms with E-state index < -0.39 is 0 Å². The molecule has 19 heavy (non-hydrogen) atoms. The van der Waals surface area contributed by atoms with Crippen LogP contribution in [0.4, 0.5) is 0 Å². The Balaban J connectivity index is 1.80. The lowest BCUT2D eigenvalue weighted by Crippen LogP contribution is -2.27. The second-order valence-corrected chi connectivity index (χ2v) is 5.50. The van der Waals surface area contributed by atoms with Gasteiger partial charge in [0.2, 0.25) is 0 Å². The summed E-state index contributed by atoms with van der Waals surface area (Å²) in [7, 11) is 0. The summed E-state index contributed by atoms with van der Waals surface area (Å²) in [5.41, 5.74) is 2.24. The van der Waals surface area contributed by atoms with Gasteiger partial charge in [-0.2, -0.15) is 0 Å². The van der Waals surface area contributed by atoms with Gasteiger partial charge in [-0.1, -0.05) is 29.8 Å². The molecule has 2 atom stereocenters. The number of hydrogen-bond donors (Lipinski definition) is 1. The average molecular weight is 263 g/mol. The molecule has 1 aliphatic rings. The second-order valence-electron chi connectivity index (χ2n) is 5.50. The van der Waals surface area contributed by atoms with Gasteiger partial charge in [0.15, 0.2) is 0 Å². The number of benzene rings is 1. The van der Waals surface area contributed by atoms with E-state index in [1.54, 1.807) is 0 Å². The quantitative estimate of drug-likeness (QED) is 0.855. The Morgan fingerprint density at radius 3 is 2.79 bits per heavy atom. The van der Waals surface area contributed by atoms with E-state index in [2.05, 4.69) is 24.0 Å². The largest absolute Gasteiger partial charge is 0.387 e. The molecule has 1 fully saturated rings. The van der Waals surface area contributed by atoms with Crippen LogP contribution in [0.1, 0.15) is 30.6 Å². The predicted molar refractivity (Wildman–Crippen MR) is 77.2 cm³/mol. The predicted octanol–water partition coefficient (Wildman–Crippen LogP) is 2.39. The first-order valence-electron chi connectivity index (χ1n) is 7.23. The number of likely N-dealkylation sites (tertiary alicyclic amines) is 1. The van der Waals surface area contributed by atoms with Gasteiger partial charge in [0.1, 0.15) is 0 Å². The number of aryl methyl sites for hydroxylation is 1. The zero-order valence-corrected chi connectivity index (χ0v) is 12.0. The van der Waals surface area contributed by atoms with E-state index in [0.29, 0.717) is 5.92 Å². The lowest BCUT2D eigenvalue weighted by Gasteiger charge is -2.20. The molecule has 1 N–H and O–H groups in total. The summed E-state index contributed by atoms with van der Waals surface area (Å²) >= 11 is 0. The van der Waals surface area contributed by atoms with Gasteiger partial charge < -0.3 is 14.7 Å². The molecule has 1 heterocycles. The van der Waals surface area contributed by atoms with Crippen LogP contribution in [0.15, 0.2) is 24.3 Å². The number of β-amino-alcohol motifs (C(OH)–C–C–N with tert-alkyl or cyclic N) is 1. The van der Waals surface area contributed by atoms with Gasteiger partial charge in [0.05, 0.1) is 12.7 Å². The molecule has 0 radical (unpaired) electrons. The minimum atomic E-state index is -0.383. The highest BCUT2D eigenvalue weighted by molar-refractivity contribution is 5.23. The first-order valence-corrected chi connectivity index (χ1v) is 7.23. The molecule has 1 aromatic rings. The summed E-state index contributed by atoms with van der Waals surface area (Å²) in [6.07, 6.45) is 0.798. The zero-order valence-electron chi connectivity index (χ0n) is 12.0. The van der Waals surface area contributed by atoms with E-state index >= 15 is 0 Å². The van der Waals surface area contributed by atoms with Crippen LogP contribution < -0.4 is 0 Å². The number of nitrogens with zero attached hydrogens (tertiary/aromatic N) is 1. The van der Waals surface area contributed by atoms with E-state index in [0.717, 1.165) is 38.4 Å². The number of aliphatic hydroxyl groups is 1. The molecule has 0 aromatic heterocycles. The van der Waals surface area contributed by atoms with Gasteiger partial charge in [-0.3, -0.25) is 0 Å². The van der Waals surface area contributed by atoms with Gasteiger partial charge >= 0.3 is 0 Å². The summed E-state index contributed by atoms with van der Waals surface area (Å²) in [6.45, 7) is 8.59. The molecule has 0 amide bonds. The molecule has 106 valence electrons. The Labute approximate surface area is 116 Å². The SMILES string of the molecule is CCOCC1CCN(CC(O)c2ccc(C)cc2)C1. The third kappa shape index (κ3) is 4.30. The molecule has 0 spiro atoms. The monoisotopic (exact) mass is 263 g/mol. The maximum Gasteiger partial charge on any atom is 0.0916 e. The molecule has 0 bridgehead atoms. The van der Waals surface area contributed by atoms with Crippen molar-refractivity contribution in [3.8, 4) is 0 Å². The Hall–Kier alpha value is -0.900. The van der Waals surface area contributed by atoms with Crippen molar-refractivity contribution in [2.75, 3.05) is 32.8 Å². The van der Waals surface area contributed by atoms with E-state index in [4.69, 9.17) is 4.74 Å². The lowest BCUT2D eigenvalue weighted by molar-refractivity contribution is 0.100. The molecule has 1 saturated heterocycles. The van der Waals surface area contributed by atoms with Crippen LogP contribution in [0.3, 0.4) is 0 Å². The molecular weight excluding hydrogens is 238 g/mol. The number of aliphatic hydroxyl groups excluding tert-OH is 1. The van der Waals surface area contributed by atoms with Gasteiger partial charge in [-0.15, -0.1) is 0 Å². The van der Waals surface area contributed by atoms with Gasteiger partial charge in [-0.05, 0) is 38.3 Å². The normalized spacial score (nSPS) is 21.7. The van der Waals surface area contributed by atoms with E-state index in [1.165, 1.54) is 12.0 Å². The van der Waals surface area contributed by atoms with Crippen LogP contribution >= 0.6 is 0 Å². The van der Waals surface area contributed by atoms with Crippen molar-refractivity contribution in [2.45, 2.75) is 26.4 Å². The summed E-state index contributed by atoms with van der Waals surface area (Å²) in [5, 5.41) is 10.3. The van der Waals surface area contributed by atoms with Crippen molar-refractivity contribution in [3.05, 3.63) is 35.4 Å². The zero-order chi connectivity index (χ0) is 13.7. The molecule has 2 rings (SSSR count). The molecule has 1 aliphatic heterocycles. The maximum absolute atomic E-state index is 10.3. The molecule has 1 aromatic carbocycles. The van der Waals surface area contributed by atoms with Crippen molar-refractivity contribution in [1.82, 2.24) is 4.90 Å². The van der Waals surface area contributed by atoms with E-state index in [1.807, 2.05) is 19.1 Å². The Morgan fingerprint density at radius 1 is 1.37 bits per heavy atom. The second kappa shape index (κ2) is 7.04. The maximum atomic E-state index is 10.3. The number of rotatable bonds is 6. The third-order valence-corrected chi connectivity index (χ3v) is 3.82. The fourth-order valence-corrected chi connectivity index (χ4v) is 2.64. The van der Waals surface area contributed by atoms with E-state index in [-0.39, 0.29) is 6.10 Å². The third-order valence-electron chi connectivity index (χ3n) is 3.82. The average Bonchev–Trinajstić information content (AvgIpc) is 2.84. The van der Waals surface area contributed by atoms with Crippen molar-refractivity contribution in [2.24, 2.45) is 5.92 Å². The van der Waals surface area contributed by atoms with Crippen molar-refractivity contribution in [3.63, 3.8) is 0 Å². The first kappa shape index (κ1) is 14.5. The molecule has 3 nitrogen and oxygen atoms in total. The van der Waals surface area contributed by atoms with Crippen molar-refractivity contribution in [1.29, 1.82) is 0 Å². The topological polar surface area (TPSA) is 32.7 Å². The number of ether oxygens (including phenoxy) is 1. The highest BCUT2D eigenvalue weighted by Gasteiger charge is 2.24. The molecule has 3 heteroatoms. The standard InChI is InChI=1S/C16H25NO2/c1-3-19-12-14-8-9-17(10-14)11-16(18)15-6-4-13(2)5-7-15/h4-7,14,16,18H,3,8-12H2,1-2H3. The highest BCUT2D eigenvalue weighted by atomic mass is 16.5. The molecular formula is C16H25NO2. The fourth-order valence-electron chi connectivity index (χ4n) is 2.64. The molecule has 2 unspecified atom stereocenters. The van der Waals surface area contributed by atoms with Gasteiger partial charge in [0, 0.05) is 19.7 Å². The van der Waals surface area contributed by atoms with Crippen LogP contribution in [0.2, 0.25) is 0 Å². The lowest BCUT2D eigenvalue weighted by atomic mass is 10.1. The number of hydrogen-bond acceptors (Lipinski definition) is 3. The minimum Gasteiger partial charge on any atom is -0.387 e. The van der Waals surface area contributed by atoms with Crippen LogP contribution in [0, 0.1) is 12.8 Å². The van der Waals surface area contributed by atoms with Crippen LogP contribution in [-0.4, -0.2) is 42.9 Å². The minimum absolute atomic E-state index is 0.383. The van der Waals surface area contributed by atoms with Crippen LogP contribution in [0.5, 0.6) is 0 Å². The summed E-state index contributed by atoms with van der Waals surface area (Å²) < 4.78 is 5.48. The van der Waals surface area contributed by atoms with E-state index in [9.17, 15) is 5.11 Å². The van der Waals surface area contributed by atoms with Crippen molar-refractivity contribution >= 4 is 0 Å². The van der Waals surface area contributed by atoms with Gasteiger partial charge in [0.25, 0.3) is 0 Å². The highest BCUT2D eigenvalue weighted by Crippen LogP contribution is 2.21. The van der Waals surface area contributed by atoms with Crippen molar-refractivity contribution < 1.29 is 9.84 Å². The Bertz CT molecular complexity index is 377. The summed E-state index contributed by atoms with van der Waals surface area (Å²) in [6, 6.07) is 8.16. The summed E-state index contributed by atoms with van der Waals surface area (Å²) in [4.78, 5) is 2.34. The molecule has 0 aliphatic carbocycles. The van der Waals surface area contributed by atoms with Gasteiger partial charge in [-0.25, -0.2) is 0 Å². The fraction of sp³-hybridized carbons (Fsp3) is 0.625. The summed E-state index contributed by atoms with van der Waals surface area (Å²) in [5.74, 6) is 0.630. The smallest absolute Gasteiger partial charge is 0.0916 e. The van der Waals surface area contributed by atoms with Crippen LogP contribution in [0.25, 0.3) is 0 Å². The Morgan fingerprint density at radius 2 is 2.11 bits per heavy atom. The van der Waals surface area contributed by atoms with Crippen LogP contribution in [-0.2, 0) is 4.74 Å². The first-order chi connectivity index (χ1) is 9.19. The Kier molecular flexibility index (Phi) is 5.37.